The van der Waals surface area contributed by atoms with Crippen LogP contribution in [0.5, 0.6) is 5.75 Å². The van der Waals surface area contributed by atoms with E-state index in [1.807, 2.05) is 12.1 Å². The van der Waals surface area contributed by atoms with Crippen molar-refractivity contribution in [2.24, 2.45) is 0 Å². The molecule has 0 unspecified atom stereocenters. The van der Waals surface area contributed by atoms with Gasteiger partial charge in [0, 0.05) is 47.1 Å². The van der Waals surface area contributed by atoms with E-state index in [9.17, 15) is 18.0 Å². The lowest BCUT2D eigenvalue weighted by Gasteiger charge is -2.25. The summed E-state index contributed by atoms with van der Waals surface area (Å²) in [7, 11) is 0. The molecule has 3 aromatic heterocycles. The van der Waals surface area contributed by atoms with E-state index in [-0.39, 0.29) is 24.6 Å². The molecule has 1 amide bonds. The predicted molar refractivity (Wildman–Crippen MR) is 125 cm³/mol. The molecule has 36 heavy (non-hydrogen) atoms. The van der Waals surface area contributed by atoms with Crippen LogP contribution < -0.4 is 10.1 Å². The average molecular weight is 494 g/mol. The third kappa shape index (κ3) is 3.62. The number of hydrogen-bond acceptors (Lipinski definition) is 6. The second-order valence-electron chi connectivity index (χ2n) is 8.79. The topological polar surface area (TPSA) is 84.7 Å². The molecule has 0 atom stereocenters. The van der Waals surface area contributed by atoms with E-state index in [2.05, 4.69) is 20.3 Å². The number of anilines is 1. The number of pyridine rings is 1. The van der Waals surface area contributed by atoms with Gasteiger partial charge in [-0.3, -0.25) is 14.2 Å². The van der Waals surface area contributed by atoms with Gasteiger partial charge in [-0.05, 0) is 25.1 Å². The molecule has 6 rings (SSSR count). The van der Waals surface area contributed by atoms with Crippen molar-refractivity contribution in [3.63, 3.8) is 0 Å². The number of fused-ring (bicyclic) bond motifs is 3. The van der Waals surface area contributed by atoms with Crippen molar-refractivity contribution in [1.82, 2.24) is 24.3 Å². The molecule has 0 aliphatic carbocycles. The van der Waals surface area contributed by atoms with Gasteiger partial charge in [-0.1, -0.05) is 6.07 Å². The number of alkyl halides is 2. The Morgan fingerprint density at radius 3 is 2.86 bits per heavy atom. The fourth-order valence-electron chi connectivity index (χ4n) is 4.87. The van der Waals surface area contributed by atoms with Crippen LogP contribution in [0.2, 0.25) is 0 Å². The number of aromatic nitrogens is 4. The number of imidazole rings is 1. The van der Waals surface area contributed by atoms with Crippen molar-refractivity contribution < 1.29 is 22.7 Å². The molecule has 1 N–H and O–H groups in total. The Kier molecular flexibility index (Phi) is 5.27. The lowest BCUT2D eigenvalue weighted by Crippen LogP contribution is -2.36. The van der Waals surface area contributed by atoms with Crippen LogP contribution in [0.25, 0.3) is 16.6 Å². The van der Waals surface area contributed by atoms with E-state index in [4.69, 9.17) is 4.74 Å². The molecule has 0 saturated carbocycles. The van der Waals surface area contributed by atoms with E-state index in [0.717, 1.165) is 10.5 Å². The summed E-state index contributed by atoms with van der Waals surface area (Å²) in [6.45, 7) is 1.63. The van der Waals surface area contributed by atoms with Gasteiger partial charge < -0.3 is 15.0 Å². The van der Waals surface area contributed by atoms with Gasteiger partial charge in [-0.2, -0.15) is 0 Å². The van der Waals surface area contributed by atoms with Crippen LogP contribution in [0.3, 0.4) is 0 Å². The van der Waals surface area contributed by atoms with Crippen LogP contribution in [0, 0.1) is 12.7 Å². The summed E-state index contributed by atoms with van der Waals surface area (Å²) in [6.07, 6.45) is 0.923. The second kappa shape index (κ2) is 8.51. The van der Waals surface area contributed by atoms with Crippen LogP contribution in [-0.4, -0.2) is 49.7 Å². The van der Waals surface area contributed by atoms with Crippen molar-refractivity contribution in [3.05, 3.63) is 70.8 Å². The molecule has 0 radical (unpaired) electrons. The van der Waals surface area contributed by atoms with Crippen LogP contribution in [0.4, 0.5) is 19.1 Å². The highest BCUT2D eigenvalue weighted by molar-refractivity contribution is 6.04. The van der Waals surface area contributed by atoms with Crippen molar-refractivity contribution in [2.45, 2.75) is 32.9 Å². The van der Waals surface area contributed by atoms with Crippen molar-refractivity contribution >= 4 is 17.4 Å². The molecule has 4 aromatic rings. The van der Waals surface area contributed by atoms with Gasteiger partial charge >= 0.3 is 0 Å². The highest BCUT2D eigenvalue weighted by Crippen LogP contribution is 2.35. The number of carbonyl (C=O) groups excluding carboxylic acids is 1. The summed E-state index contributed by atoms with van der Waals surface area (Å²) in [5.41, 5.74) is 4.26. The normalized spacial score (nSPS) is 14.5. The molecule has 8 nitrogen and oxygen atoms in total. The van der Waals surface area contributed by atoms with Crippen LogP contribution in [0.15, 0.2) is 36.8 Å². The summed E-state index contributed by atoms with van der Waals surface area (Å²) in [5, 5.41) is 3.15. The minimum absolute atomic E-state index is 0.0440. The lowest BCUT2D eigenvalue weighted by atomic mass is 10.0. The minimum Gasteiger partial charge on any atom is -0.493 e. The smallest absolute Gasteiger partial charge is 0.275 e. The Labute approximate surface area is 203 Å². The maximum absolute atomic E-state index is 14.6. The van der Waals surface area contributed by atoms with E-state index < -0.39 is 18.9 Å². The fourth-order valence-corrected chi connectivity index (χ4v) is 4.87. The number of hydrogen-bond donors (Lipinski definition) is 1. The summed E-state index contributed by atoms with van der Waals surface area (Å²) in [4.78, 5) is 27.7. The molecule has 1 aromatic carbocycles. The quantitative estimate of drug-likeness (QED) is 0.452. The molecule has 5 heterocycles. The Bertz CT molecular complexity index is 1520. The third-order valence-corrected chi connectivity index (χ3v) is 6.52. The molecule has 0 bridgehead atoms. The van der Waals surface area contributed by atoms with Gasteiger partial charge in [0.05, 0.1) is 30.9 Å². The van der Waals surface area contributed by atoms with Gasteiger partial charge in [-0.25, -0.2) is 23.1 Å². The van der Waals surface area contributed by atoms with Gasteiger partial charge in [0.25, 0.3) is 12.3 Å². The number of nitrogens with zero attached hydrogens (tertiary/aromatic N) is 5. The maximum Gasteiger partial charge on any atom is 0.275 e. The Morgan fingerprint density at radius 1 is 1.17 bits per heavy atom. The number of aryl methyl sites for hydroxylation is 1. The standard InChI is InChI=1S/C25H21F3N6O2/c1-13-2-3-14-17-9-30-25(29-8-16-15-6-7-36-20(15)5-4-18(16)26)34-12-31-22(23(17)34)24(35)33(11-21(27)28)10-19(14)32-13/h2-5,9,12,21H,6-8,10-11H2,1H3,(H,29,30). The highest BCUT2D eigenvalue weighted by atomic mass is 19.3. The molecular formula is C25H21F3N6O2. The summed E-state index contributed by atoms with van der Waals surface area (Å²) in [6, 6.07) is 6.66. The first-order chi connectivity index (χ1) is 17.4. The first-order valence-electron chi connectivity index (χ1n) is 11.5. The van der Waals surface area contributed by atoms with Crippen LogP contribution in [-0.2, 0) is 19.5 Å². The van der Waals surface area contributed by atoms with Gasteiger partial charge in [0.1, 0.15) is 17.9 Å². The Hall–Kier alpha value is -4.15. The van der Waals surface area contributed by atoms with Crippen molar-refractivity contribution in [2.75, 3.05) is 18.5 Å². The molecule has 11 heteroatoms. The fraction of sp³-hybridized carbons (Fsp3) is 0.280. The first kappa shape index (κ1) is 22.3. The number of ether oxygens (including phenoxy) is 1. The zero-order chi connectivity index (χ0) is 25.0. The molecular weight excluding hydrogens is 473 g/mol. The Morgan fingerprint density at radius 2 is 2.03 bits per heavy atom. The highest BCUT2D eigenvalue weighted by Gasteiger charge is 2.30. The number of nitrogens with one attached hydrogen (secondary N) is 1. The van der Waals surface area contributed by atoms with E-state index in [0.29, 0.717) is 58.3 Å². The minimum atomic E-state index is -2.71. The second-order valence-corrected chi connectivity index (χ2v) is 8.79. The average Bonchev–Trinajstić information content (AvgIpc) is 3.50. The van der Waals surface area contributed by atoms with Crippen molar-refractivity contribution in [1.29, 1.82) is 0 Å². The number of amides is 1. The SMILES string of the molecule is Cc1ccc2c(n1)CN(CC(F)F)C(=O)c1ncn3c(NCc4c(F)ccc5c4CCO5)ncc-2c13. The number of carbonyl (C=O) groups is 1. The molecule has 0 saturated heterocycles. The van der Waals surface area contributed by atoms with Crippen LogP contribution in [0.1, 0.15) is 33.0 Å². The summed E-state index contributed by atoms with van der Waals surface area (Å²) >= 11 is 0. The molecule has 184 valence electrons. The summed E-state index contributed by atoms with van der Waals surface area (Å²) in [5.74, 6) is 0.0272. The monoisotopic (exact) mass is 494 g/mol. The van der Waals surface area contributed by atoms with Crippen molar-refractivity contribution in [3.8, 4) is 16.9 Å². The molecule has 0 spiro atoms. The lowest BCUT2D eigenvalue weighted by molar-refractivity contribution is 0.0528. The Balaban J connectivity index is 1.46. The maximum atomic E-state index is 14.6. The van der Waals surface area contributed by atoms with Crippen LogP contribution >= 0.6 is 0 Å². The number of halogens is 3. The first-order valence-corrected chi connectivity index (χ1v) is 11.5. The van der Waals surface area contributed by atoms with E-state index in [1.54, 1.807) is 23.6 Å². The van der Waals surface area contributed by atoms with Gasteiger partial charge in [-0.15, -0.1) is 0 Å². The van der Waals surface area contributed by atoms with Gasteiger partial charge in [0.2, 0.25) is 5.95 Å². The predicted octanol–water partition coefficient (Wildman–Crippen LogP) is 4.01. The van der Waals surface area contributed by atoms with Gasteiger partial charge in [0.15, 0.2) is 5.69 Å². The molecule has 2 aliphatic heterocycles. The van der Waals surface area contributed by atoms with E-state index >= 15 is 0 Å². The zero-order valence-electron chi connectivity index (χ0n) is 19.3. The van der Waals surface area contributed by atoms with E-state index in [1.165, 1.54) is 12.4 Å². The number of benzene rings is 1. The molecule has 2 aliphatic rings. The number of rotatable bonds is 5. The zero-order valence-corrected chi connectivity index (χ0v) is 19.3. The largest absolute Gasteiger partial charge is 0.493 e. The third-order valence-electron chi connectivity index (χ3n) is 6.52. The molecule has 0 fully saturated rings. The summed E-state index contributed by atoms with van der Waals surface area (Å²) < 4.78 is 48.5.